The number of benzene rings is 8. The quantitative estimate of drug-likeness (QED) is 0.0319. The van der Waals surface area contributed by atoms with Gasteiger partial charge in [-0.25, -0.2) is 33.7 Å². The Morgan fingerprint density at radius 3 is 0.540 bits per heavy atom. The van der Waals surface area contributed by atoms with E-state index in [-0.39, 0.29) is 149 Å². The summed E-state index contributed by atoms with van der Waals surface area (Å²) in [6.07, 6.45) is 10.5. The molecule has 0 amide bonds. The predicted octanol–water partition coefficient (Wildman–Crippen LogP) is -1.25. The molecule has 8 aromatic rings. The fourth-order valence-corrected chi connectivity index (χ4v) is 18.2. The SMILES string of the molecule is C[C@@H](C[C@H](C)P(c1ccc(CCCc2ccc(S(=O)(=O)[O-])cc2)cc1)c1ccc(CCCc2ccc(S(=O)(=O)[O-])cc2)cc1)P(c1ccc(CCCc2ccc(S(=O)(=O)[O-])cc2)cc1)c1ccc(CCCc2ccc(S(=O)(=O)[O-])cc2)cc1.[Na+].[Na+].[Na+].[Na+]. The molecule has 0 spiro atoms. The van der Waals surface area contributed by atoms with Crippen molar-refractivity contribution in [2.24, 2.45) is 0 Å². The van der Waals surface area contributed by atoms with E-state index in [0.29, 0.717) is 0 Å². The van der Waals surface area contributed by atoms with E-state index in [2.05, 4.69) is 111 Å². The Balaban J connectivity index is 0.00000405. The summed E-state index contributed by atoms with van der Waals surface area (Å²) < 4.78 is 138. The van der Waals surface area contributed by atoms with Crippen LogP contribution in [0.2, 0.25) is 0 Å². The van der Waals surface area contributed by atoms with Crippen LogP contribution in [-0.2, 0) is 91.8 Å². The van der Waals surface area contributed by atoms with Crippen LogP contribution >= 0.6 is 15.8 Å². The molecule has 8 aromatic carbocycles. The van der Waals surface area contributed by atoms with Gasteiger partial charge in [-0.2, -0.15) is 0 Å². The number of hydrogen-bond acceptors (Lipinski definition) is 12. The molecule has 0 aliphatic carbocycles. The summed E-state index contributed by atoms with van der Waals surface area (Å²) >= 11 is 0. The van der Waals surface area contributed by atoms with E-state index in [1.807, 2.05) is 0 Å². The second-order valence-electron chi connectivity index (χ2n) is 21.1. The molecule has 0 saturated heterocycles. The average molecular weight is 1320 g/mol. The van der Waals surface area contributed by atoms with Crippen molar-refractivity contribution in [3.63, 3.8) is 0 Å². The van der Waals surface area contributed by atoms with Gasteiger partial charge in [0.15, 0.2) is 0 Å². The van der Waals surface area contributed by atoms with Crippen molar-refractivity contribution >= 4 is 77.5 Å². The smallest absolute Gasteiger partial charge is 0.744 e. The van der Waals surface area contributed by atoms with E-state index in [4.69, 9.17) is 0 Å². The van der Waals surface area contributed by atoms with Crippen molar-refractivity contribution in [1.29, 1.82) is 0 Å². The van der Waals surface area contributed by atoms with Gasteiger partial charge in [0.25, 0.3) is 0 Å². The third-order valence-electron chi connectivity index (χ3n) is 15.0. The summed E-state index contributed by atoms with van der Waals surface area (Å²) in [5, 5.41) is 5.07. The van der Waals surface area contributed by atoms with E-state index < -0.39 is 56.3 Å². The first-order chi connectivity index (χ1) is 39.5. The molecule has 0 fully saturated rings. The first-order valence-corrected chi connectivity index (χ1v) is 36.1. The van der Waals surface area contributed by atoms with Crippen LogP contribution in [0.4, 0.5) is 0 Å². The summed E-state index contributed by atoms with van der Waals surface area (Å²) in [6.45, 7) is 4.74. The Bertz CT molecular complexity index is 3380. The van der Waals surface area contributed by atoms with Gasteiger partial charge in [-0.15, -0.1) is 0 Å². The molecule has 2 atom stereocenters. The van der Waals surface area contributed by atoms with Crippen molar-refractivity contribution in [3.8, 4) is 0 Å². The number of aryl methyl sites for hydroxylation is 8. The van der Waals surface area contributed by atoms with Crippen LogP contribution in [0.1, 0.15) is 90.5 Å². The molecule has 0 saturated carbocycles. The van der Waals surface area contributed by atoms with E-state index >= 15 is 0 Å². The van der Waals surface area contributed by atoms with Gasteiger partial charge < -0.3 is 18.2 Å². The van der Waals surface area contributed by atoms with Gasteiger partial charge >= 0.3 is 118 Å². The van der Waals surface area contributed by atoms with Crippen molar-refractivity contribution in [3.05, 3.63) is 239 Å². The molecule has 0 heterocycles. The molecule has 0 aliphatic rings. The first kappa shape index (κ1) is 77.7. The van der Waals surface area contributed by atoms with E-state index in [1.54, 1.807) is 48.5 Å². The molecule has 0 aromatic heterocycles. The molecule has 0 bridgehead atoms. The maximum atomic E-state index is 11.5. The molecule has 0 aliphatic heterocycles. The Morgan fingerprint density at radius 2 is 0.402 bits per heavy atom. The Labute approximate surface area is 606 Å². The van der Waals surface area contributed by atoms with Gasteiger partial charge in [0.1, 0.15) is 40.5 Å². The third-order valence-corrected chi connectivity index (χ3v) is 24.0. The van der Waals surface area contributed by atoms with Gasteiger partial charge in [0.2, 0.25) is 0 Å². The summed E-state index contributed by atoms with van der Waals surface area (Å²) in [5.74, 6) is 0. The maximum absolute atomic E-state index is 11.5. The van der Waals surface area contributed by atoms with Gasteiger partial charge in [0, 0.05) is 0 Å². The topological polar surface area (TPSA) is 229 Å². The van der Waals surface area contributed by atoms with Crippen LogP contribution in [0.5, 0.6) is 0 Å². The Morgan fingerprint density at radius 1 is 0.264 bits per heavy atom. The first-order valence-electron chi connectivity index (χ1n) is 27.6. The molecule has 22 heteroatoms. The van der Waals surface area contributed by atoms with Crippen molar-refractivity contribution in [2.75, 3.05) is 0 Å². The van der Waals surface area contributed by atoms with Crippen molar-refractivity contribution < 1.29 is 170 Å². The summed E-state index contributed by atoms with van der Waals surface area (Å²) in [5.41, 5.74) is 9.13. The zero-order valence-corrected chi connectivity index (χ0v) is 63.3. The van der Waals surface area contributed by atoms with Crippen LogP contribution in [0.15, 0.2) is 214 Å². The Hall–Kier alpha value is -1.74. The standard InChI is InChI=1S/C65H70O12P2S4.4Na/c1-48(78(58-31-15-50(16-32-58)7-3-11-54-23-39-62(40-24-54)80(66,67)68)59-33-17-51(18-34-59)8-4-12-55-25-41-63(42-26-55)81(69,70)71)47-49(2)79(60-35-19-52(20-36-60)9-5-13-56-27-43-64(44-28-56)82(72,73)74)61-37-21-53(22-38-61)10-6-14-57-29-45-65(46-30-57)83(75,76)77;;;;/h15-46,48-49H,3-14,47H2,1-2H3,(H,66,67,68)(H,69,70,71)(H,72,73,74)(H,75,76,77);;;;/q;4*+1/p-4/t48-,49-;;;;/m0..../s1. The molecular formula is C65H66Na4O12P2S4. The van der Waals surface area contributed by atoms with Crippen LogP contribution in [0.3, 0.4) is 0 Å². The summed E-state index contributed by atoms with van der Waals surface area (Å²) in [6, 6.07) is 60.4. The van der Waals surface area contributed by atoms with Gasteiger partial charge in [0.05, 0.1) is 19.6 Å². The minimum absolute atomic E-state index is 0. The molecular weight excluding hydrogens is 1250 g/mol. The zero-order chi connectivity index (χ0) is 59.4. The van der Waals surface area contributed by atoms with Crippen molar-refractivity contribution in [2.45, 2.75) is 128 Å². The predicted molar refractivity (Wildman–Crippen MR) is 327 cm³/mol. The second-order valence-corrected chi connectivity index (χ2v) is 32.0. The minimum atomic E-state index is -4.51. The largest absolute Gasteiger partial charge is 1.00 e. The van der Waals surface area contributed by atoms with Crippen LogP contribution in [-0.4, -0.2) is 63.2 Å². The molecule has 436 valence electrons. The molecule has 0 radical (unpaired) electrons. The van der Waals surface area contributed by atoms with Gasteiger partial charge in [-0.3, -0.25) is 0 Å². The molecule has 87 heavy (non-hydrogen) atoms. The van der Waals surface area contributed by atoms with E-state index in [1.165, 1.54) is 92.0 Å². The number of rotatable bonds is 28. The van der Waals surface area contributed by atoms with Crippen molar-refractivity contribution in [1.82, 2.24) is 0 Å². The Kier molecular flexibility index (Phi) is 32.2. The van der Waals surface area contributed by atoms with E-state index in [0.717, 1.165) is 106 Å². The average Bonchev–Trinajstić information content (AvgIpc) is 3.65. The normalized spacial score (nSPS) is 12.5. The van der Waals surface area contributed by atoms with Crippen LogP contribution < -0.4 is 139 Å². The summed E-state index contributed by atoms with van der Waals surface area (Å²) in [7, 11) is -19.8. The third kappa shape index (κ3) is 24.0. The van der Waals surface area contributed by atoms with Crippen LogP contribution in [0, 0.1) is 0 Å². The molecule has 0 N–H and O–H groups in total. The zero-order valence-electron chi connectivity index (χ0n) is 50.2. The second kappa shape index (κ2) is 36.1. The van der Waals surface area contributed by atoms with Gasteiger partial charge in [-0.05, 0) is 225 Å². The molecule has 12 nitrogen and oxygen atoms in total. The fraction of sp³-hybridized carbons (Fsp3) is 0.262. The van der Waals surface area contributed by atoms with E-state index in [9.17, 15) is 51.9 Å². The van der Waals surface area contributed by atoms with Crippen LogP contribution in [0.25, 0.3) is 0 Å². The maximum Gasteiger partial charge on any atom is 1.00 e. The minimum Gasteiger partial charge on any atom is -0.744 e. The van der Waals surface area contributed by atoms with Gasteiger partial charge in [-0.1, -0.05) is 159 Å². The fourth-order valence-electron chi connectivity index (χ4n) is 10.6. The summed E-state index contributed by atoms with van der Waals surface area (Å²) in [4.78, 5) is -0.939. The monoisotopic (exact) mass is 1320 g/mol. The number of hydrogen-bond donors (Lipinski definition) is 0. The molecule has 8 rings (SSSR count). The molecule has 0 unspecified atom stereocenters.